The Morgan fingerprint density at radius 2 is 0.726 bits per heavy atom. The molecule has 348 valence electrons. The van der Waals surface area contributed by atoms with Crippen molar-refractivity contribution in [1.82, 2.24) is 0 Å². The van der Waals surface area contributed by atoms with Crippen molar-refractivity contribution < 1.29 is 13.3 Å². The van der Waals surface area contributed by atoms with E-state index in [0.717, 1.165) is 144 Å². The highest BCUT2D eigenvalue weighted by atomic mass is 16.3. The maximum atomic E-state index is 7.16. The molecule has 0 bridgehead atoms. The molecule has 5 nitrogen and oxygen atoms in total. The molecule has 0 spiro atoms. The van der Waals surface area contributed by atoms with Crippen LogP contribution in [0.15, 0.2) is 232 Å². The predicted octanol–water partition coefficient (Wildman–Crippen LogP) is 20.0. The van der Waals surface area contributed by atoms with E-state index in [1.54, 1.807) is 0 Å². The molecule has 0 saturated carbocycles. The third-order valence-electron chi connectivity index (χ3n) is 14.8. The molecular formula is C68H48N2O3. The van der Waals surface area contributed by atoms with Crippen molar-refractivity contribution in [3.8, 4) is 22.3 Å². The number of hydrogen-bond acceptors (Lipinski definition) is 5. The third-order valence-corrected chi connectivity index (χ3v) is 14.8. The fourth-order valence-electron chi connectivity index (χ4n) is 11.4. The van der Waals surface area contributed by atoms with E-state index >= 15 is 0 Å². The summed E-state index contributed by atoms with van der Waals surface area (Å²) in [6.45, 7) is 8.60. The van der Waals surface area contributed by atoms with Crippen molar-refractivity contribution in [3.63, 3.8) is 0 Å². The standard InChI is InChI=1S/C68H48N2O3/c1-41-17-11-21-45(37-41)69(59-33-15-31-56-54-29-13-27-52(65(54)72-67(56)59)48-23-7-5-19-43(48)3)47-35-36-58-62(39-47)71-63-40-61(50-25-9-10-26-51(50)64(58)63)70(46-22-12-18-42(2)38-46)60-34-16-32-57-55-30-14-28-53(66(55)73-68(57)60)49-24-8-6-20-44(49)4/h5-40H,1-4H3. The van der Waals surface area contributed by atoms with Crippen LogP contribution in [-0.4, -0.2) is 0 Å². The van der Waals surface area contributed by atoms with Gasteiger partial charge in [0.05, 0.1) is 22.7 Å². The number of nitrogens with zero attached hydrogens (tertiary/aromatic N) is 2. The van der Waals surface area contributed by atoms with Gasteiger partial charge in [-0.05, 0) is 115 Å². The molecule has 0 radical (unpaired) electrons. The first-order valence-electron chi connectivity index (χ1n) is 25.0. The molecule has 0 aliphatic rings. The topological polar surface area (TPSA) is 45.9 Å². The molecule has 0 amide bonds. The maximum absolute atomic E-state index is 7.16. The van der Waals surface area contributed by atoms with Gasteiger partial charge in [0.15, 0.2) is 11.2 Å². The predicted molar refractivity (Wildman–Crippen MR) is 305 cm³/mol. The van der Waals surface area contributed by atoms with Gasteiger partial charge in [0.2, 0.25) is 0 Å². The SMILES string of the molecule is Cc1cccc(N(c2ccc3c(c2)oc2cc(N(c4cccc(C)c4)c4cccc5c4oc4c(-c6ccccc6C)cccc45)c4ccccc4c23)c2cccc3c2oc2c(-c4ccccc4C)cccc23)c1. The van der Waals surface area contributed by atoms with Gasteiger partial charge in [-0.15, -0.1) is 0 Å². The lowest BCUT2D eigenvalue weighted by atomic mass is 9.98. The summed E-state index contributed by atoms with van der Waals surface area (Å²) in [6, 6.07) is 77.9. The number of rotatable bonds is 8. The lowest BCUT2D eigenvalue weighted by molar-refractivity contribution is 0.667. The van der Waals surface area contributed by atoms with Crippen LogP contribution in [0.3, 0.4) is 0 Å². The summed E-state index contributed by atoms with van der Waals surface area (Å²) in [5, 5.41) is 8.60. The van der Waals surface area contributed by atoms with E-state index < -0.39 is 0 Å². The summed E-state index contributed by atoms with van der Waals surface area (Å²) in [6.07, 6.45) is 0. The number of fused-ring (bicyclic) bond motifs is 11. The summed E-state index contributed by atoms with van der Waals surface area (Å²) in [7, 11) is 0. The normalized spacial score (nSPS) is 11.8. The summed E-state index contributed by atoms with van der Waals surface area (Å²) in [4.78, 5) is 4.66. The molecule has 14 aromatic rings. The van der Waals surface area contributed by atoms with Crippen molar-refractivity contribution in [1.29, 1.82) is 0 Å². The largest absolute Gasteiger partial charge is 0.456 e. The minimum Gasteiger partial charge on any atom is -0.456 e. The Morgan fingerprint density at radius 1 is 0.274 bits per heavy atom. The number of furan rings is 3. The average Bonchev–Trinajstić information content (AvgIpc) is 4.12. The van der Waals surface area contributed by atoms with Crippen LogP contribution >= 0.6 is 0 Å². The van der Waals surface area contributed by atoms with Crippen LogP contribution < -0.4 is 9.80 Å². The van der Waals surface area contributed by atoms with E-state index in [1.165, 1.54) is 11.1 Å². The smallest absolute Gasteiger partial charge is 0.159 e. The van der Waals surface area contributed by atoms with Crippen molar-refractivity contribution in [2.45, 2.75) is 27.7 Å². The van der Waals surface area contributed by atoms with E-state index in [9.17, 15) is 0 Å². The molecule has 0 unspecified atom stereocenters. The van der Waals surface area contributed by atoms with Crippen molar-refractivity contribution >= 4 is 111 Å². The van der Waals surface area contributed by atoms with Crippen molar-refractivity contribution in [2.75, 3.05) is 9.80 Å². The number of benzene rings is 11. The van der Waals surface area contributed by atoms with Gasteiger partial charge in [-0.2, -0.15) is 0 Å². The highest BCUT2D eigenvalue weighted by molar-refractivity contribution is 6.24. The second-order valence-corrected chi connectivity index (χ2v) is 19.5. The molecular weight excluding hydrogens is 893 g/mol. The Labute approximate surface area is 422 Å². The van der Waals surface area contributed by atoms with Gasteiger partial charge in [-0.1, -0.05) is 158 Å². The van der Waals surface area contributed by atoms with Gasteiger partial charge in [-0.3, -0.25) is 0 Å². The Morgan fingerprint density at radius 3 is 1.30 bits per heavy atom. The maximum Gasteiger partial charge on any atom is 0.159 e. The van der Waals surface area contributed by atoms with Crippen LogP contribution in [0.1, 0.15) is 22.3 Å². The van der Waals surface area contributed by atoms with Gasteiger partial charge in [0.1, 0.15) is 22.3 Å². The zero-order valence-corrected chi connectivity index (χ0v) is 40.9. The highest BCUT2D eigenvalue weighted by Crippen LogP contribution is 2.50. The Hall–Kier alpha value is -9.32. The van der Waals surface area contributed by atoms with E-state index in [2.05, 4.69) is 256 Å². The molecule has 0 N–H and O–H groups in total. The van der Waals surface area contributed by atoms with Crippen LogP contribution in [0.2, 0.25) is 0 Å². The molecule has 3 aromatic heterocycles. The molecule has 11 aromatic carbocycles. The number of aryl methyl sites for hydroxylation is 4. The molecule has 0 fully saturated rings. The fraction of sp³-hybridized carbons (Fsp3) is 0.0588. The lowest BCUT2D eigenvalue weighted by Crippen LogP contribution is -2.11. The number of hydrogen-bond donors (Lipinski definition) is 0. The van der Waals surface area contributed by atoms with E-state index in [4.69, 9.17) is 13.3 Å². The molecule has 0 saturated heterocycles. The van der Waals surface area contributed by atoms with Crippen molar-refractivity contribution in [3.05, 3.63) is 241 Å². The van der Waals surface area contributed by atoms with Gasteiger partial charge < -0.3 is 23.1 Å². The van der Waals surface area contributed by atoms with E-state index in [1.807, 2.05) is 0 Å². The summed E-state index contributed by atoms with van der Waals surface area (Å²) < 4.78 is 21.4. The van der Waals surface area contributed by atoms with Gasteiger partial charge in [-0.25, -0.2) is 0 Å². The van der Waals surface area contributed by atoms with Gasteiger partial charge in [0.25, 0.3) is 0 Å². The zero-order chi connectivity index (χ0) is 48.9. The lowest BCUT2D eigenvalue weighted by Gasteiger charge is -2.27. The first-order chi connectivity index (χ1) is 35.9. The minimum absolute atomic E-state index is 0.788. The van der Waals surface area contributed by atoms with Gasteiger partial charge >= 0.3 is 0 Å². The second kappa shape index (κ2) is 16.6. The van der Waals surface area contributed by atoms with Crippen LogP contribution in [0, 0.1) is 27.7 Å². The number of anilines is 6. The van der Waals surface area contributed by atoms with Crippen LogP contribution in [0.25, 0.3) is 98.8 Å². The first-order valence-corrected chi connectivity index (χ1v) is 25.0. The molecule has 14 rings (SSSR count). The molecule has 0 aliphatic carbocycles. The third kappa shape index (κ3) is 6.77. The Kier molecular flexibility index (Phi) is 9.70. The molecule has 73 heavy (non-hydrogen) atoms. The second-order valence-electron chi connectivity index (χ2n) is 19.5. The highest BCUT2D eigenvalue weighted by Gasteiger charge is 2.26. The molecule has 0 atom stereocenters. The minimum atomic E-state index is 0.788. The van der Waals surface area contributed by atoms with E-state index in [-0.39, 0.29) is 0 Å². The Balaban J connectivity index is 0.976. The first kappa shape index (κ1) is 42.5. The van der Waals surface area contributed by atoms with Crippen LogP contribution in [0.4, 0.5) is 34.1 Å². The van der Waals surface area contributed by atoms with Crippen LogP contribution in [-0.2, 0) is 0 Å². The number of para-hydroxylation sites is 4. The van der Waals surface area contributed by atoms with Crippen LogP contribution in [0.5, 0.6) is 0 Å². The summed E-state index contributed by atoms with van der Waals surface area (Å²) in [5.74, 6) is 0. The summed E-state index contributed by atoms with van der Waals surface area (Å²) >= 11 is 0. The molecule has 5 heteroatoms. The monoisotopic (exact) mass is 940 g/mol. The van der Waals surface area contributed by atoms with Crippen molar-refractivity contribution in [2.24, 2.45) is 0 Å². The quantitative estimate of drug-likeness (QED) is 0.152. The Bertz CT molecular complexity index is 4530. The van der Waals surface area contributed by atoms with Gasteiger partial charge in [0, 0.05) is 72.3 Å². The average molecular weight is 941 g/mol. The zero-order valence-electron chi connectivity index (χ0n) is 40.9. The molecule has 0 aliphatic heterocycles. The summed E-state index contributed by atoms with van der Waals surface area (Å²) in [5.41, 5.74) is 20.1. The van der Waals surface area contributed by atoms with E-state index in [0.29, 0.717) is 0 Å². The fourth-order valence-corrected chi connectivity index (χ4v) is 11.4. The molecule has 3 heterocycles.